The van der Waals surface area contributed by atoms with Crippen LogP contribution >= 0.6 is 0 Å². The van der Waals surface area contributed by atoms with Gasteiger partial charge in [-0.1, -0.05) is 19.1 Å². The summed E-state index contributed by atoms with van der Waals surface area (Å²) in [6, 6.07) is 9.21. The van der Waals surface area contributed by atoms with E-state index < -0.39 is 17.8 Å². The van der Waals surface area contributed by atoms with Crippen LogP contribution < -0.4 is 10.5 Å². The Morgan fingerprint density at radius 3 is 2.56 bits per heavy atom. The molecule has 210 valence electrons. The van der Waals surface area contributed by atoms with Gasteiger partial charge in [-0.3, -0.25) is 19.3 Å². The van der Waals surface area contributed by atoms with Crippen molar-refractivity contribution in [3.8, 4) is 0 Å². The topological polar surface area (TPSA) is 119 Å². The summed E-state index contributed by atoms with van der Waals surface area (Å²) in [5.41, 5.74) is 1.19. The summed E-state index contributed by atoms with van der Waals surface area (Å²) in [4.78, 5) is 59.1. The number of anilines is 1. The van der Waals surface area contributed by atoms with Gasteiger partial charge in [-0.25, -0.2) is 18.7 Å². The number of hydrogen-bond donors (Lipinski definition) is 0. The zero-order chi connectivity index (χ0) is 28.8. The fourth-order valence-electron chi connectivity index (χ4n) is 5.74. The van der Waals surface area contributed by atoms with Crippen LogP contribution in [0.5, 0.6) is 0 Å². The van der Waals surface area contributed by atoms with Crippen molar-refractivity contribution in [1.29, 1.82) is 0 Å². The number of nitrogens with zero attached hydrogens (tertiary/aromatic N) is 6. The van der Waals surface area contributed by atoms with Gasteiger partial charge in [0.05, 0.1) is 30.5 Å². The molecule has 41 heavy (non-hydrogen) atoms. The minimum absolute atomic E-state index is 0.0952. The van der Waals surface area contributed by atoms with Gasteiger partial charge in [0.25, 0.3) is 17.4 Å². The largest absolute Gasteiger partial charge is 0.465 e. The number of fused-ring (bicyclic) bond motifs is 2. The molecule has 2 aliphatic heterocycles. The van der Waals surface area contributed by atoms with E-state index >= 15 is 0 Å². The highest BCUT2D eigenvalue weighted by atomic mass is 19.1. The predicted molar refractivity (Wildman–Crippen MR) is 145 cm³/mol. The number of carbonyl (C=O) groups is 3. The smallest absolute Gasteiger partial charge is 0.343 e. The lowest BCUT2D eigenvalue weighted by Gasteiger charge is -2.26. The maximum Gasteiger partial charge on any atom is 0.343 e. The van der Waals surface area contributed by atoms with Crippen molar-refractivity contribution in [2.75, 3.05) is 25.1 Å². The molecule has 1 aromatic carbocycles. The number of esters is 1. The zero-order valence-corrected chi connectivity index (χ0v) is 22.5. The molecule has 4 aromatic rings. The lowest BCUT2D eigenvalue weighted by molar-refractivity contribution is 0.0598. The molecule has 12 heteroatoms. The minimum Gasteiger partial charge on any atom is -0.465 e. The second kappa shape index (κ2) is 10.3. The van der Waals surface area contributed by atoms with Crippen molar-refractivity contribution >= 4 is 29.2 Å². The van der Waals surface area contributed by atoms with Crippen LogP contribution in [0.1, 0.15) is 62.4 Å². The van der Waals surface area contributed by atoms with Gasteiger partial charge in [-0.2, -0.15) is 5.10 Å². The van der Waals surface area contributed by atoms with E-state index in [-0.39, 0.29) is 41.9 Å². The van der Waals surface area contributed by atoms with E-state index in [1.807, 2.05) is 11.8 Å². The number of pyridine rings is 1. The van der Waals surface area contributed by atoms with Gasteiger partial charge in [0.1, 0.15) is 17.2 Å². The third-order valence-corrected chi connectivity index (χ3v) is 7.63. The van der Waals surface area contributed by atoms with E-state index in [1.165, 1.54) is 33.4 Å². The van der Waals surface area contributed by atoms with E-state index in [1.54, 1.807) is 36.5 Å². The van der Waals surface area contributed by atoms with E-state index in [9.17, 15) is 23.6 Å². The number of benzene rings is 1. The molecule has 0 unspecified atom stereocenters. The van der Waals surface area contributed by atoms with E-state index in [4.69, 9.17) is 4.74 Å². The van der Waals surface area contributed by atoms with Gasteiger partial charge in [0.2, 0.25) is 0 Å². The number of hydrogen-bond acceptors (Lipinski definition) is 8. The maximum atomic E-state index is 14.9. The van der Waals surface area contributed by atoms with Crippen molar-refractivity contribution < 1.29 is 23.5 Å². The maximum absolute atomic E-state index is 14.9. The lowest BCUT2D eigenvalue weighted by Crippen LogP contribution is -2.37. The minimum atomic E-state index is -0.564. The van der Waals surface area contributed by atoms with Crippen LogP contribution in [-0.2, 0) is 11.3 Å². The monoisotopic (exact) mass is 558 g/mol. The average Bonchev–Trinajstić information content (AvgIpc) is 3.68. The van der Waals surface area contributed by atoms with Crippen molar-refractivity contribution in [3.05, 3.63) is 93.4 Å². The zero-order valence-electron chi connectivity index (χ0n) is 22.5. The normalized spacial score (nSPS) is 17.4. The van der Waals surface area contributed by atoms with Gasteiger partial charge < -0.3 is 14.2 Å². The molecule has 11 nitrogen and oxygen atoms in total. The van der Waals surface area contributed by atoms with Crippen LogP contribution in [0.2, 0.25) is 0 Å². The Morgan fingerprint density at radius 1 is 1.12 bits per heavy atom. The molecule has 0 bridgehead atoms. The molecule has 3 aromatic heterocycles. The molecular formula is C29H27FN6O5. The summed E-state index contributed by atoms with van der Waals surface area (Å²) in [6.45, 7) is 2.61. The predicted octanol–water partition coefficient (Wildman–Crippen LogP) is 3.09. The highest BCUT2D eigenvalue weighted by Crippen LogP contribution is 2.34. The number of ether oxygens (including phenoxy) is 1. The molecule has 1 saturated heterocycles. The van der Waals surface area contributed by atoms with Gasteiger partial charge >= 0.3 is 5.97 Å². The first-order valence-corrected chi connectivity index (χ1v) is 13.3. The fourth-order valence-corrected chi connectivity index (χ4v) is 5.74. The first-order valence-electron chi connectivity index (χ1n) is 13.3. The van der Waals surface area contributed by atoms with Crippen molar-refractivity contribution in [2.24, 2.45) is 5.92 Å². The SMILES string of the molecule is COC(=O)c1cnn2ccc(N3CCC[C@@H]3c3cc(F)cn(C[C@H](C)CN4C(=O)c5ccccc5C4=O)c3=O)nc12. The Morgan fingerprint density at radius 2 is 1.85 bits per heavy atom. The summed E-state index contributed by atoms with van der Waals surface area (Å²) in [5.74, 6) is -1.65. The van der Waals surface area contributed by atoms with Crippen LogP contribution in [0.25, 0.3) is 5.65 Å². The molecular weight excluding hydrogens is 531 g/mol. The molecule has 2 atom stereocenters. The Labute approximate surface area is 233 Å². The number of aromatic nitrogens is 4. The Hall–Kier alpha value is -4.87. The average molecular weight is 559 g/mol. The summed E-state index contributed by atoms with van der Waals surface area (Å²) in [6.07, 6.45) is 5.58. The summed E-state index contributed by atoms with van der Waals surface area (Å²) >= 11 is 0. The molecule has 0 saturated carbocycles. The fraction of sp³-hybridized carbons (Fsp3) is 0.310. The van der Waals surface area contributed by atoms with Gasteiger partial charge in [0.15, 0.2) is 5.65 Å². The number of carbonyl (C=O) groups excluding carboxylic acids is 3. The summed E-state index contributed by atoms with van der Waals surface area (Å²) in [7, 11) is 1.28. The quantitative estimate of drug-likeness (QED) is 0.251. The third kappa shape index (κ3) is 4.54. The van der Waals surface area contributed by atoms with Gasteiger partial charge in [-0.05, 0) is 43.0 Å². The van der Waals surface area contributed by atoms with Crippen LogP contribution in [-0.4, -0.2) is 62.0 Å². The molecule has 1 fully saturated rings. The molecule has 2 aliphatic rings. The first kappa shape index (κ1) is 26.4. The van der Waals surface area contributed by atoms with Crippen LogP contribution in [0.15, 0.2) is 59.8 Å². The lowest BCUT2D eigenvalue weighted by atomic mass is 10.1. The second-order valence-corrected chi connectivity index (χ2v) is 10.4. The highest BCUT2D eigenvalue weighted by molar-refractivity contribution is 6.21. The van der Waals surface area contributed by atoms with Crippen molar-refractivity contribution in [2.45, 2.75) is 32.4 Å². The summed E-state index contributed by atoms with van der Waals surface area (Å²) < 4.78 is 22.5. The Bertz CT molecular complexity index is 1730. The number of halogens is 1. The summed E-state index contributed by atoms with van der Waals surface area (Å²) in [5, 5.41) is 4.14. The van der Waals surface area contributed by atoms with Crippen molar-refractivity contribution in [3.63, 3.8) is 0 Å². The van der Waals surface area contributed by atoms with E-state index in [0.717, 1.165) is 12.6 Å². The molecule has 0 N–H and O–H groups in total. The molecule has 5 heterocycles. The van der Waals surface area contributed by atoms with Crippen LogP contribution in [0.3, 0.4) is 0 Å². The third-order valence-electron chi connectivity index (χ3n) is 7.63. The van der Waals surface area contributed by atoms with Gasteiger partial charge in [0, 0.05) is 37.6 Å². The molecule has 2 amide bonds. The number of imide groups is 1. The van der Waals surface area contributed by atoms with Crippen molar-refractivity contribution in [1.82, 2.24) is 24.1 Å². The number of rotatable bonds is 7. The van der Waals surface area contributed by atoms with E-state index in [0.29, 0.717) is 41.1 Å². The Kier molecular flexibility index (Phi) is 6.60. The van der Waals surface area contributed by atoms with Crippen LogP contribution in [0.4, 0.5) is 10.2 Å². The van der Waals surface area contributed by atoms with Gasteiger partial charge in [-0.15, -0.1) is 0 Å². The standard InChI is InChI=1S/C29H27FN6O5/c1-17(15-35-27(38)19-6-3-4-7-20(19)28(35)39)14-33-16-18(30)12-21(26(33)37)23-8-5-10-34(23)24-9-11-36-25(32-24)22(13-31-36)29(40)41-2/h3-4,6-7,9,11-13,16-17,23H,5,8,10,14-15H2,1-2H3/t17-,23+/m0/s1. The number of methoxy groups -OCH3 is 1. The molecule has 0 radical (unpaired) electrons. The molecule has 0 aliphatic carbocycles. The second-order valence-electron chi connectivity index (χ2n) is 10.4. The van der Waals surface area contributed by atoms with Crippen LogP contribution in [0, 0.1) is 11.7 Å². The molecule has 0 spiro atoms. The molecule has 6 rings (SSSR count). The highest BCUT2D eigenvalue weighted by Gasteiger charge is 2.36. The number of amides is 2. The first-order chi connectivity index (χ1) is 19.8. The van der Waals surface area contributed by atoms with E-state index in [2.05, 4.69) is 10.1 Å². The Balaban J connectivity index is 1.25.